The number of amides is 1. The van der Waals surface area contributed by atoms with E-state index in [1.165, 1.54) is 5.75 Å². The summed E-state index contributed by atoms with van der Waals surface area (Å²) in [5, 5.41) is 11.0. The summed E-state index contributed by atoms with van der Waals surface area (Å²) in [5.74, 6) is -0.210. The van der Waals surface area contributed by atoms with Gasteiger partial charge in [-0.05, 0) is 36.1 Å². The number of thioether (sulfide) groups is 1. The van der Waals surface area contributed by atoms with E-state index in [1.54, 1.807) is 6.07 Å². The SMILES string of the molecule is CCSC.Cc1ccc(C(=O)NCC(=O)O)c(-c2ccccc2)c1. The minimum Gasteiger partial charge on any atom is -0.480 e. The van der Waals surface area contributed by atoms with E-state index < -0.39 is 5.97 Å². The third kappa shape index (κ3) is 6.46. The zero-order chi connectivity index (χ0) is 17.9. The van der Waals surface area contributed by atoms with Crippen LogP contribution >= 0.6 is 11.8 Å². The maximum absolute atomic E-state index is 12.1. The van der Waals surface area contributed by atoms with E-state index in [-0.39, 0.29) is 12.5 Å². The van der Waals surface area contributed by atoms with Crippen LogP contribution in [0.3, 0.4) is 0 Å². The number of benzene rings is 2. The minimum atomic E-state index is -1.06. The number of rotatable bonds is 5. The summed E-state index contributed by atoms with van der Waals surface area (Å²) in [7, 11) is 0. The smallest absolute Gasteiger partial charge is 0.322 e. The predicted molar refractivity (Wildman–Crippen MR) is 101 cm³/mol. The molecule has 2 rings (SSSR count). The molecule has 0 aliphatic carbocycles. The van der Waals surface area contributed by atoms with Crippen LogP contribution in [0.15, 0.2) is 48.5 Å². The standard InChI is InChI=1S/C16H15NO3.C3H8S/c1-11-7-8-13(16(20)17-10-15(18)19)14(9-11)12-5-3-2-4-6-12;1-3-4-2/h2-9H,10H2,1H3,(H,17,20)(H,18,19);3H2,1-2H3. The van der Waals surface area contributed by atoms with Gasteiger partial charge in [-0.1, -0.05) is 55.0 Å². The van der Waals surface area contributed by atoms with Crippen LogP contribution in [0.1, 0.15) is 22.8 Å². The molecule has 0 bridgehead atoms. The Morgan fingerprint density at radius 1 is 1.12 bits per heavy atom. The first-order chi connectivity index (χ1) is 11.5. The monoisotopic (exact) mass is 345 g/mol. The van der Waals surface area contributed by atoms with Crippen molar-refractivity contribution in [3.63, 3.8) is 0 Å². The highest BCUT2D eigenvalue weighted by Crippen LogP contribution is 2.24. The normalized spacial score (nSPS) is 9.62. The van der Waals surface area contributed by atoms with Crippen LogP contribution in [0.2, 0.25) is 0 Å². The number of hydrogen-bond donors (Lipinski definition) is 2. The van der Waals surface area contributed by atoms with Gasteiger partial charge in [-0.15, -0.1) is 0 Å². The molecule has 0 saturated heterocycles. The number of carbonyl (C=O) groups excluding carboxylic acids is 1. The van der Waals surface area contributed by atoms with Crippen molar-refractivity contribution in [2.75, 3.05) is 18.6 Å². The van der Waals surface area contributed by atoms with E-state index in [4.69, 9.17) is 5.11 Å². The van der Waals surface area contributed by atoms with Gasteiger partial charge in [0.15, 0.2) is 0 Å². The molecule has 5 heteroatoms. The van der Waals surface area contributed by atoms with Crippen molar-refractivity contribution in [2.45, 2.75) is 13.8 Å². The molecule has 0 unspecified atom stereocenters. The van der Waals surface area contributed by atoms with E-state index in [0.29, 0.717) is 5.56 Å². The number of hydrogen-bond acceptors (Lipinski definition) is 3. The van der Waals surface area contributed by atoms with E-state index >= 15 is 0 Å². The van der Waals surface area contributed by atoms with Crippen molar-refractivity contribution in [1.29, 1.82) is 0 Å². The molecule has 0 saturated carbocycles. The van der Waals surface area contributed by atoms with E-state index in [9.17, 15) is 9.59 Å². The molecule has 0 aliphatic heterocycles. The molecule has 24 heavy (non-hydrogen) atoms. The van der Waals surface area contributed by atoms with Crippen LogP contribution in [0.5, 0.6) is 0 Å². The second-order valence-electron chi connectivity index (χ2n) is 5.07. The number of aryl methyl sites for hydroxylation is 1. The summed E-state index contributed by atoms with van der Waals surface area (Å²) in [5.41, 5.74) is 3.24. The van der Waals surface area contributed by atoms with Gasteiger partial charge in [-0.25, -0.2) is 0 Å². The van der Waals surface area contributed by atoms with Gasteiger partial charge >= 0.3 is 5.97 Å². The summed E-state index contributed by atoms with van der Waals surface area (Å²) < 4.78 is 0. The molecule has 0 fully saturated rings. The van der Waals surface area contributed by atoms with Crippen LogP contribution in [-0.2, 0) is 4.79 Å². The lowest BCUT2D eigenvalue weighted by Crippen LogP contribution is -2.29. The van der Waals surface area contributed by atoms with E-state index in [0.717, 1.165) is 16.7 Å². The average molecular weight is 345 g/mol. The fraction of sp³-hybridized carbons (Fsp3) is 0.263. The molecule has 0 aliphatic rings. The van der Waals surface area contributed by atoms with Gasteiger partial charge in [0.05, 0.1) is 0 Å². The number of aliphatic carboxylic acids is 1. The van der Waals surface area contributed by atoms with Gasteiger partial charge in [0.2, 0.25) is 0 Å². The first kappa shape index (κ1) is 19.8. The predicted octanol–water partition coefficient (Wildman–Crippen LogP) is 3.85. The Labute approximate surface area is 147 Å². The van der Waals surface area contributed by atoms with Gasteiger partial charge < -0.3 is 10.4 Å². The molecule has 1 amide bonds. The highest BCUT2D eigenvalue weighted by molar-refractivity contribution is 7.98. The van der Waals surface area contributed by atoms with Crippen molar-refractivity contribution < 1.29 is 14.7 Å². The highest BCUT2D eigenvalue weighted by atomic mass is 32.2. The average Bonchev–Trinajstić information content (AvgIpc) is 2.60. The van der Waals surface area contributed by atoms with Crippen molar-refractivity contribution in [2.24, 2.45) is 0 Å². The third-order valence-corrected chi connectivity index (χ3v) is 3.77. The number of carboxylic acids is 1. The molecule has 0 spiro atoms. The highest BCUT2D eigenvalue weighted by Gasteiger charge is 2.13. The molecule has 0 radical (unpaired) electrons. The van der Waals surface area contributed by atoms with Crippen LogP contribution in [0.25, 0.3) is 11.1 Å². The second-order valence-corrected chi connectivity index (χ2v) is 6.22. The zero-order valence-electron chi connectivity index (χ0n) is 14.2. The summed E-state index contributed by atoms with van der Waals surface area (Å²) in [6.07, 6.45) is 2.10. The van der Waals surface area contributed by atoms with Crippen LogP contribution in [0, 0.1) is 6.92 Å². The Balaban J connectivity index is 0.000000648. The van der Waals surface area contributed by atoms with Crippen LogP contribution < -0.4 is 5.32 Å². The molecule has 128 valence electrons. The van der Waals surface area contributed by atoms with E-state index in [2.05, 4.69) is 18.5 Å². The van der Waals surface area contributed by atoms with Gasteiger partial charge in [0.25, 0.3) is 5.91 Å². The zero-order valence-corrected chi connectivity index (χ0v) is 15.0. The quantitative estimate of drug-likeness (QED) is 0.864. The Bertz CT molecular complexity index is 670. The molecule has 0 heterocycles. The van der Waals surface area contributed by atoms with Crippen molar-refractivity contribution in [3.05, 3.63) is 59.7 Å². The first-order valence-corrected chi connectivity index (χ1v) is 9.04. The summed E-state index contributed by atoms with van der Waals surface area (Å²) in [6.45, 7) is 3.71. The van der Waals surface area contributed by atoms with Crippen LogP contribution in [0.4, 0.5) is 0 Å². The molecule has 0 atom stereocenters. The maximum atomic E-state index is 12.1. The van der Waals surface area contributed by atoms with Crippen LogP contribution in [-0.4, -0.2) is 35.5 Å². The Morgan fingerprint density at radius 2 is 1.75 bits per heavy atom. The van der Waals surface area contributed by atoms with Gasteiger partial charge in [0, 0.05) is 5.56 Å². The molecule has 2 N–H and O–H groups in total. The van der Waals surface area contributed by atoms with E-state index in [1.807, 2.05) is 61.2 Å². The van der Waals surface area contributed by atoms with Gasteiger partial charge in [-0.2, -0.15) is 11.8 Å². The summed E-state index contributed by atoms with van der Waals surface area (Å²) >= 11 is 1.86. The minimum absolute atomic E-state index is 0.383. The Hall–Kier alpha value is -2.27. The summed E-state index contributed by atoms with van der Waals surface area (Å²) in [6, 6.07) is 15.0. The van der Waals surface area contributed by atoms with Gasteiger partial charge in [0.1, 0.15) is 6.54 Å². The largest absolute Gasteiger partial charge is 0.480 e. The number of nitrogens with one attached hydrogen (secondary N) is 1. The molecule has 0 aromatic heterocycles. The lowest BCUT2D eigenvalue weighted by molar-refractivity contribution is -0.135. The molecule has 4 nitrogen and oxygen atoms in total. The number of carbonyl (C=O) groups is 2. The molecule has 2 aromatic carbocycles. The Kier molecular flexibility index (Phi) is 8.65. The maximum Gasteiger partial charge on any atom is 0.322 e. The van der Waals surface area contributed by atoms with Crippen molar-refractivity contribution in [1.82, 2.24) is 5.32 Å². The lowest BCUT2D eigenvalue weighted by atomic mass is 9.97. The molecular weight excluding hydrogens is 322 g/mol. The molecule has 2 aromatic rings. The lowest BCUT2D eigenvalue weighted by Gasteiger charge is -2.10. The fourth-order valence-electron chi connectivity index (χ4n) is 1.96. The number of carboxylic acid groups (broad SMARTS) is 1. The fourth-order valence-corrected chi connectivity index (χ4v) is 1.96. The van der Waals surface area contributed by atoms with Gasteiger partial charge in [-0.3, -0.25) is 9.59 Å². The Morgan fingerprint density at radius 3 is 2.29 bits per heavy atom. The van der Waals surface area contributed by atoms with Crippen molar-refractivity contribution >= 4 is 23.6 Å². The summed E-state index contributed by atoms with van der Waals surface area (Å²) in [4.78, 5) is 22.6. The third-order valence-electron chi connectivity index (χ3n) is 3.19. The topological polar surface area (TPSA) is 66.4 Å². The molecular formula is C19H23NO3S. The second kappa shape index (κ2) is 10.5. The first-order valence-electron chi connectivity index (χ1n) is 7.64. The van der Waals surface area contributed by atoms with Crippen molar-refractivity contribution in [3.8, 4) is 11.1 Å².